The summed E-state index contributed by atoms with van der Waals surface area (Å²) >= 11 is 6.46. The van der Waals surface area contributed by atoms with Gasteiger partial charge >= 0.3 is 0 Å². The van der Waals surface area contributed by atoms with Crippen molar-refractivity contribution in [2.45, 2.75) is 5.33 Å². The fourth-order valence-electron chi connectivity index (χ4n) is 1.56. The molecule has 0 saturated carbocycles. The highest BCUT2D eigenvalue weighted by atomic mass is 79.9. The van der Waals surface area contributed by atoms with Crippen molar-refractivity contribution in [2.24, 2.45) is 0 Å². The normalized spacial score (nSPS) is 10.3. The first-order valence-corrected chi connectivity index (χ1v) is 7.39. The van der Waals surface area contributed by atoms with E-state index in [-0.39, 0.29) is 11.4 Å². The van der Waals surface area contributed by atoms with E-state index in [0.717, 1.165) is 0 Å². The smallest absolute Gasteiger partial charge is 0.270 e. The Kier molecular flexibility index (Phi) is 4.72. The second-order valence-corrected chi connectivity index (χ2v) is 5.34. The Morgan fingerprint density at radius 2 is 1.95 bits per heavy atom. The molecule has 0 amide bonds. The van der Waals surface area contributed by atoms with Gasteiger partial charge in [-0.1, -0.05) is 31.9 Å². The van der Waals surface area contributed by atoms with Gasteiger partial charge in [-0.25, -0.2) is 4.39 Å². The van der Waals surface area contributed by atoms with Gasteiger partial charge in [-0.3, -0.25) is 10.1 Å². The van der Waals surface area contributed by atoms with E-state index in [0.29, 0.717) is 21.1 Å². The van der Waals surface area contributed by atoms with Crippen LogP contribution in [0, 0.1) is 15.9 Å². The standard InChI is InChI=1S/C13H8Br2FNO3/c14-7-8-5-10(17(18)19)2-4-12(8)20-13-6-9(15)1-3-11(13)16/h1-6H,7H2. The van der Waals surface area contributed by atoms with Crippen LogP contribution in [0.25, 0.3) is 0 Å². The van der Waals surface area contributed by atoms with Crippen molar-refractivity contribution >= 4 is 37.5 Å². The largest absolute Gasteiger partial charge is 0.454 e. The first kappa shape index (κ1) is 14.9. The van der Waals surface area contributed by atoms with E-state index in [2.05, 4.69) is 31.9 Å². The van der Waals surface area contributed by atoms with Crippen LogP contribution in [-0.2, 0) is 5.33 Å². The summed E-state index contributed by atoms with van der Waals surface area (Å²) in [6, 6.07) is 8.49. The number of ether oxygens (including phenoxy) is 1. The zero-order valence-electron chi connectivity index (χ0n) is 9.98. The fraction of sp³-hybridized carbons (Fsp3) is 0.0769. The SMILES string of the molecule is O=[N+]([O-])c1ccc(Oc2cc(Br)ccc2F)c(CBr)c1. The maximum Gasteiger partial charge on any atom is 0.270 e. The lowest BCUT2D eigenvalue weighted by molar-refractivity contribution is -0.384. The molecule has 0 unspecified atom stereocenters. The Labute approximate surface area is 131 Å². The topological polar surface area (TPSA) is 52.4 Å². The van der Waals surface area contributed by atoms with Crippen LogP contribution >= 0.6 is 31.9 Å². The molecule has 2 rings (SSSR count). The summed E-state index contributed by atoms with van der Waals surface area (Å²) in [7, 11) is 0. The van der Waals surface area contributed by atoms with Crippen LogP contribution in [0.15, 0.2) is 40.9 Å². The van der Waals surface area contributed by atoms with Crippen LogP contribution in [0.1, 0.15) is 5.56 Å². The van der Waals surface area contributed by atoms with Crippen molar-refractivity contribution in [3.8, 4) is 11.5 Å². The molecule has 0 aliphatic heterocycles. The van der Waals surface area contributed by atoms with Gasteiger partial charge in [0, 0.05) is 27.5 Å². The number of non-ortho nitro benzene ring substituents is 1. The van der Waals surface area contributed by atoms with E-state index in [9.17, 15) is 14.5 Å². The van der Waals surface area contributed by atoms with Gasteiger partial charge in [0.1, 0.15) is 5.75 Å². The predicted molar refractivity (Wildman–Crippen MR) is 79.9 cm³/mol. The van der Waals surface area contributed by atoms with Gasteiger partial charge in [0.05, 0.1) is 4.92 Å². The Hall–Kier alpha value is -1.47. The number of hydrogen-bond acceptors (Lipinski definition) is 3. The second-order valence-electron chi connectivity index (χ2n) is 3.86. The molecule has 0 atom stereocenters. The van der Waals surface area contributed by atoms with Crippen molar-refractivity contribution < 1.29 is 14.1 Å². The van der Waals surface area contributed by atoms with Crippen LogP contribution in [0.3, 0.4) is 0 Å². The zero-order chi connectivity index (χ0) is 14.7. The summed E-state index contributed by atoms with van der Waals surface area (Å²) in [6.45, 7) is 0. The van der Waals surface area contributed by atoms with Crippen molar-refractivity contribution in [1.29, 1.82) is 0 Å². The quantitative estimate of drug-likeness (QED) is 0.400. The van der Waals surface area contributed by atoms with E-state index in [1.54, 1.807) is 6.07 Å². The summed E-state index contributed by atoms with van der Waals surface area (Å²) in [5.41, 5.74) is 0.528. The Balaban J connectivity index is 2.38. The summed E-state index contributed by atoms with van der Waals surface area (Å²) in [4.78, 5) is 10.2. The summed E-state index contributed by atoms with van der Waals surface area (Å²) in [5.74, 6) is -0.0908. The third-order valence-electron chi connectivity index (χ3n) is 2.51. The average Bonchev–Trinajstić information content (AvgIpc) is 2.43. The minimum absolute atomic E-state index is 0.0403. The number of nitro benzene ring substituents is 1. The summed E-state index contributed by atoms with van der Waals surface area (Å²) in [6.07, 6.45) is 0. The second kappa shape index (κ2) is 6.32. The monoisotopic (exact) mass is 403 g/mol. The predicted octanol–water partition coefficient (Wildman–Crippen LogP) is 5.18. The van der Waals surface area contributed by atoms with Crippen LogP contribution in [0.2, 0.25) is 0 Å². The molecule has 0 saturated heterocycles. The lowest BCUT2D eigenvalue weighted by Crippen LogP contribution is -1.95. The highest BCUT2D eigenvalue weighted by Crippen LogP contribution is 2.32. The summed E-state index contributed by atoms with van der Waals surface area (Å²) < 4.78 is 19.8. The molecule has 0 spiro atoms. The van der Waals surface area contributed by atoms with Crippen LogP contribution in [0.5, 0.6) is 11.5 Å². The molecule has 2 aromatic carbocycles. The van der Waals surface area contributed by atoms with Gasteiger partial charge < -0.3 is 4.74 Å². The third-order valence-corrected chi connectivity index (χ3v) is 3.61. The number of nitro groups is 1. The van der Waals surface area contributed by atoms with Gasteiger partial charge in [0.15, 0.2) is 11.6 Å². The first-order valence-electron chi connectivity index (χ1n) is 5.47. The first-order chi connectivity index (χ1) is 9.51. The fourth-order valence-corrected chi connectivity index (χ4v) is 2.34. The molecular weight excluding hydrogens is 397 g/mol. The molecule has 0 aromatic heterocycles. The maximum atomic E-state index is 13.6. The molecule has 0 aliphatic carbocycles. The molecule has 0 radical (unpaired) electrons. The molecule has 20 heavy (non-hydrogen) atoms. The van der Waals surface area contributed by atoms with Crippen molar-refractivity contribution in [3.05, 3.63) is 62.4 Å². The van der Waals surface area contributed by atoms with Gasteiger partial charge in [0.2, 0.25) is 0 Å². The summed E-state index contributed by atoms with van der Waals surface area (Å²) in [5, 5.41) is 11.1. The minimum Gasteiger partial charge on any atom is -0.454 e. The van der Waals surface area contributed by atoms with Crippen molar-refractivity contribution in [3.63, 3.8) is 0 Å². The van der Waals surface area contributed by atoms with E-state index < -0.39 is 10.7 Å². The van der Waals surface area contributed by atoms with Crippen molar-refractivity contribution in [1.82, 2.24) is 0 Å². The number of hydrogen-bond donors (Lipinski definition) is 0. The molecule has 0 aliphatic rings. The molecular formula is C13H8Br2FNO3. The molecule has 7 heteroatoms. The zero-order valence-corrected chi connectivity index (χ0v) is 13.1. The molecule has 0 bridgehead atoms. The van der Waals surface area contributed by atoms with Gasteiger partial charge in [0.25, 0.3) is 5.69 Å². The van der Waals surface area contributed by atoms with Gasteiger partial charge in [-0.2, -0.15) is 0 Å². The number of alkyl halides is 1. The Morgan fingerprint density at radius 3 is 2.60 bits per heavy atom. The van der Waals surface area contributed by atoms with E-state index in [1.165, 1.54) is 30.3 Å². The van der Waals surface area contributed by atoms with E-state index in [1.807, 2.05) is 0 Å². The van der Waals surface area contributed by atoms with E-state index >= 15 is 0 Å². The molecule has 0 N–H and O–H groups in total. The van der Waals surface area contributed by atoms with Gasteiger partial charge in [-0.05, 0) is 24.3 Å². The third kappa shape index (κ3) is 3.34. The molecule has 2 aromatic rings. The minimum atomic E-state index is -0.507. The molecule has 4 nitrogen and oxygen atoms in total. The lowest BCUT2D eigenvalue weighted by Gasteiger charge is -2.10. The van der Waals surface area contributed by atoms with Gasteiger partial charge in [-0.15, -0.1) is 0 Å². The maximum absolute atomic E-state index is 13.6. The van der Waals surface area contributed by atoms with Crippen LogP contribution < -0.4 is 4.74 Å². The van der Waals surface area contributed by atoms with Crippen LogP contribution in [-0.4, -0.2) is 4.92 Å². The highest BCUT2D eigenvalue weighted by Gasteiger charge is 2.13. The Morgan fingerprint density at radius 1 is 1.20 bits per heavy atom. The molecule has 104 valence electrons. The average molecular weight is 405 g/mol. The number of rotatable bonds is 4. The van der Waals surface area contributed by atoms with Crippen molar-refractivity contribution in [2.75, 3.05) is 0 Å². The van der Waals surface area contributed by atoms with E-state index in [4.69, 9.17) is 4.74 Å². The number of benzene rings is 2. The number of halogens is 3. The number of nitrogens with zero attached hydrogens (tertiary/aromatic N) is 1. The highest BCUT2D eigenvalue weighted by molar-refractivity contribution is 9.10. The molecule has 0 heterocycles. The lowest BCUT2D eigenvalue weighted by atomic mass is 10.2. The Bertz CT molecular complexity index is 664. The molecule has 0 fully saturated rings. The van der Waals surface area contributed by atoms with Crippen LogP contribution in [0.4, 0.5) is 10.1 Å².